The Morgan fingerprint density at radius 1 is 0.886 bits per heavy atom. The fourth-order valence-corrected chi connectivity index (χ4v) is 5.25. The predicted molar refractivity (Wildman–Crippen MR) is 115 cm³/mol. The van der Waals surface area contributed by atoms with E-state index in [0.29, 0.717) is 42.7 Å². The number of halogens is 6. The van der Waals surface area contributed by atoms with Crippen molar-refractivity contribution in [2.24, 2.45) is 0 Å². The molecule has 0 aliphatic carbocycles. The minimum absolute atomic E-state index is 0.0270. The van der Waals surface area contributed by atoms with Crippen molar-refractivity contribution in [1.29, 1.82) is 0 Å². The fraction of sp³-hybridized carbons (Fsp3) is 0.174. The largest absolute Gasteiger partial charge is 0.416 e. The van der Waals surface area contributed by atoms with E-state index in [1.54, 1.807) is 6.07 Å². The highest BCUT2D eigenvalue weighted by atomic mass is 32.2. The Morgan fingerprint density at radius 2 is 1.63 bits per heavy atom. The average molecular weight is 514 g/mol. The molecule has 35 heavy (non-hydrogen) atoms. The summed E-state index contributed by atoms with van der Waals surface area (Å²) in [4.78, 5) is 12.0. The van der Waals surface area contributed by atoms with Crippen LogP contribution in [-0.2, 0) is 22.6 Å². The van der Waals surface area contributed by atoms with Crippen LogP contribution in [0, 0.1) is 17.5 Å². The zero-order valence-electron chi connectivity index (χ0n) is 17.7. The van der Waals surface area contributed by atoms with Gasteiger partial charge in [0.25, 0.3) is 15.9 Å². The molecule has 0 aromatic heterocycles. The zero-order chi connectivity index (χ0) is 25.5. The van der Waals surface area contributed by atoms with E-state index in [2.05, 4.69) is 5.32 Å². The van der Waals surface area contributed by atoms with Gasteiger partial charge < -0.3 is 5.32 Å². The SMILES string of the molecule is O=C(Nc1ccc2c(c1)N(S(=O)(=O)c1ccc(F)c(F)c1)CCC2)c1ccc(C(F)(F)F)cc1F. The summed E-state index contributed by atoms with van der Waals surface area (Å²) in [5.41, 5.74) is -1.06. The molecule has 1 aliphatic heterocycles. The number of aryl methyl sites for hydroxylation is 1. The topological polar surface area (TPSA) is 66.5 Å². The first kappa shape index (κ1) is 24.6. The highest BCUT2D eigenvalue weighted by molar-refractivity contribution is 7.92. The average Bonchev–Trinajstić information content (AvgIpc) is 2.79. The second-order valence-electron chi connectivity index (χ2n) is 7.75. The summed E-state index contributed by atoms with van der Waals surface area (Å²) in [6, 6.07) is 7.96. The summed E-state index contributed by atoms with van der Waals surface area (Å²) in [5, 5.41) is 2.34. The van der Waals surface area contributed by atoms with Crippen molar-refractivity contribution in [3.05, 3.63) is 88.7 Å². The van der Waals surface area contributed by atoms with Crippen molar-refractivity contribution in [2.45, 2.75) is 23.9 Å². The normalized spacial score (nSPS) is 13.9. The van der Waals surface area contributed by atoms with Gasteiger partial charge in [0.15, 0.2) is 11.6 Å². The van der Waals surface area contributed by atoms with E-state index in [1.807, 2.05) is 0 Å². The molecule has 0 atom stereocenters. The maximum atomic E-state index is 14.2. The first-order valence-corrected chi connectivity index (χ1v) is 11.6. The summed E-state index contributed by atoms with van der Waals surface area (Å²) in [6.07, 6.45) is -3.84. The molecule has 1 N–H and O–H groups in total. The molecule has 0 radical (unpaired) electrons. The van der Waals surface area contributed by atoms with Crippen molar-refractivity contribution in [1.82, 2.24) is 0 Å². The van der Waals surface area contributed by atoms with Crippen LogP contribution < -0.4 is 9.62 Å². The van der Waals surface area contributed by atoms with Crippen LogP contribution in [0.15, 0.2) is 59.5 Å². The molecule has 184 valence electrons. The number of alkyl halides is 3. The van der Waals surface area contributed by atoms with Crippen LogP contribution in [0.4, 0.5) is 37.7 Å². The predicted octanol–water partition coefficient (Wildman–Crippen LogP) is 5.52. The van der Waals surface area contributed by atoms with Gasteiger partial charge in [0, 0.05) is 12.2 Å². The summed E-state index contributed by atoms with van der Waals surface area (Å²) in [6.45, 7) is 0.0270. The standard InChI is InChI=1S/C23H16F6N2O3S/c24-18-8-6-16(12-20(18)26)35(33,34)31-9-1-2-13-3-5-15(11-21(13)31)30-22(32)17-7-4-14(10-19(17)25)23(27,28)29/h3-8,10-12H,1-2,9H2,(H,30,32). The van der Waals surface area contributed by atoms with Crippen molar-refractivity contribution in [3.8, 4) is 0 Å². The Morgan fingerprint density at radius 3 is 2.29 bits per heavy atom. The highest BCUT2D eigenvalue weighted by Gasteiger charge is 2.32. The maximum Gasteiger partial charge on any atom is 0.416 e. The minimum atomic E-state index is -4.78. The molecule has 0 saturated heterocycles. The molecule has 5 nitrogen and oxygen atoms in total. The van der Waals surface area contributed by atoms with E-state index in [1.165, 1.54) is 12.1 Å². The lowest BCUT2D eigenvalue weighted by atomic mass is 10.0. The minimum Gasteiger partial charge on any atom is -0.322 e. The molecule has 1 amide bonds. The fourth-order valence-electron chi connectivity index (χ4n) is 3.71. The van der Waals surface area contributed by atoms with Gasteiger partial charge in [0.1, 0.15) is 5.82 Å². The third-order valence-electron chi connectivity index (χ3n) is 5.44. The lowest BCUT2D eigenvalue weighted by Crippen LogP contribution is -2.35. The number of hydrogen-bond donors (Lipinski definition) is 1. The second-order valence-corrected chi connectivity index (χ2v) is 9.61. The van der Waals surface area contributed by atoms with Gasteiger partial charge in [0.05, 0.1) is 21.7 Å². The number of carbonyl (C=O) groups excluding carboxylic acids is 1. The van der Waals surface area contributed by atoms with Crippen molar-refractivity contribution < 1.29 is 39.6 Å². The number of nitrogens with zero attached hydrogens (tertiary/aromatic N) is 1. The second kappa shape index (κ2) is 8.91. The number of rotatable bonds is 4. The van der Waals surface area contributed by atoms with E-state index in [9.17, 15) is 39.6 Å². The molecule has 3 aromatic carbocycles. The third-order valence-corrected chi connectivity index (χ3v) is 7.25. The number of carbonyl (C=O) groups is 1. The number of anilines is 2. The first-order chi connectivity index (χ1) is 16.4. The van der Waals surface area contributed by atoms with Gasteiger partial charge in [-0.1, -0.05) is 6.07 Å². The Labute approximate surface area is 196 Å². The molecule has 0 spiro atoms. The molecule has 4 rings (SSSR count). The molecule has 1 aliphatic rings. The summed E-state index contributed by atoms with van der Waals surface area (Å²) < 4.78 is 107. The quantitative estimate of drug-likeness (QED) is 0.467. The van der Waals surface area contributed by atoms with E-state index in [4.69, 9.17) is 0 Å². The van der Waals surface area contributed by atoms with Crippen LogP contribution in [0.1, 0.15) is 27.9 Å². The van der Waals surface area contributed by atoms with E-state index in [0.717, 1.165) is 10.4 Å². The monoisotopic (exact) mass is 514 g/mol. The zero-order valence-corrected chi connectivity index (χ0v) is 18.5. The van der Waals surface area contributed by atoms with E-state index < -0.39 is 55.6 Å². The van der Waals surface area contributed by atoms with Gasteiger partial charge in [-0.05, 0) is 66.9 Å². The number of amides is 1. The molecular weight excluding hydrogens is 498 g/mol. The van der Waals surface area contributed by atoms with Crippen molar-refractivity contribution >= 4 is 27.3 Å². The molecule has 0 unspecified atom stereocenters. The third kappa shape index (κ3) is 4.83. The van der Waals surface area contributed by atoms with Gasteiger partial charge >= 0.3 is 6.18 Å². The first-order valence-electron chi connectivity index (χ1n) is 10.2. The smallest absolute Gasteiger partial charge is 0.322 e. The Kier molecular flexibility index (Phi) is 6.26. The number of hydrogen-bond acceptors (Lipinski definition) is 3. The molecule has 1 heterocycles. The summed E-state index contributed by atoms with van der Waals surface area (Å²) in [5.74, 6) is -4.95. The maximum absolute atomic E-state index is 14.2. The van der Waals surface area contributed by atoms with Crippen molar-refractivity contribution in [3.63, 3.8) is 0 Å². The Balaban J connectivity index is 1.64. The van der Waals surface area contributed by atoms with Crippen LogP contribution in [0.25, 0.3) is 0 Å². The van der Waals surface area contributed by atoms with Crippen molar-refractivity contribution in [2.75, 3.05) is 16.2 Å². The highest BCUT2D eigenvalue weighted by Crippen LogP contribution is 2.35. The Hall–Kier alpha value is -3.54. The van der Waals surface area contributed by atoms with Crippen LogP contribution >= 0.6 is 0 Å². The number of nitrogens with one attached hydrogen (secondary N) is 1. The lowest BCUT2D eigenvalue weighted by Gasteiger charge is -2.31. The number of fused-ring (bicyclic) bond motifs is 1. The molecule has 0 saturated carbocycles. The molecular formula is C23H16F6N2O3S. The van der Waals surface area contributed by atoms with Crippen LogP contribution in [0.2, 0.25) is 0 Å². The molecule has 0 fully saturated rings. The van der Waals surface area contributed by atoms with Crippen LogP contribution in [-0.4, -0.2) is 20.9 Å². The molecule has 0 bridgehead atoms. The van der Waals surface area contributed by atoms with Gasteiger partial charge in [-0.2, -0.15) is 13.2 Å². The van der Waals surface area contributed by atoms with Gasteiger partial charge in [-0.3, -0.25) is 9.10 Å². The van der Waals surface area contributed by atoms with Crippen LogP contribution in [0.3, 0.4) is 0 Å². The lowest BCUT2D eigenvalue weighted by molar-refractivity contribution is -0.137. The van der Waals surface area contributed by atoms with E-state index >= 15 is 0 Å². The summed E-state index contributed by atoms with van der Waals surface area (Å²) >= 11 is 0. The molecule has 3 aromatic rings. The van der Waals surface area contributed by atoms with Gasteiger partial charge in [-0.15, -0.1) is 0 Å². The molecule has 12 heteroatoms. The van der Waals surface area contributed by atoms with Gasteiger partial charge in [0.2, 0.25) is 0 Å². The summed E-state index contributed by atoms with van der Waals surface area (Å²) in [7, 11) is -4.29. The van der Waals surface area contributed by atoms with E-state index in [-0.39, 0.29) is 24.0 Å². The van der Waals surface area contributed by atoms with Crippen LogP contribution in [0.5, 0.6) is 0 Å². The number of benzene rings is 3. The Bertz CT molecular complexity index is 1420. The number of sulfonamides is 1. The van der Waals surface area contributed by atoms with Gasteiger partial charge in [-0.25, -0.2) is 21.6 Å².